The minimum Gasteiger partial charge on any atom is -0.335 e. The number of halogens is 3. The lowest BCUT2D eigenvalue weighted by atomic mass is 9.70. The van der Waals surface area contributed by atoms with Gasteiger partial charge in [0.15, 0.2) is 5.82 Å². The first-order chi connectivity index (χ1) is 16.9. The maximum atomic E-state index is 15.9. The van der Waals surface area contributed by atoms with E-state index < -0.39 is 29.7 Å². The summed E-state index contributed by atoms with van der Waals surface area (Å²) < 4.78 is 30.7. The van der Waals surface area contributed by atoms with Crippen molar-refractivity contribution in [3.8, 4) is 0 Å². The molecule has 184 valence electrons. The predicted octanol–water partition coefficient (Wildman–Crippen LogP) is 1.46. The first kappa shape index (κ1) is 22.5. The number of hydrogen-bond donors (Lipinski definition) is 3. The van der Waals surface area contributed by atoms with Crippen molar-refractivity contribution in [2.75, 3.05) is 23.8 Å². The number of nitrogens with one attached hydrogen (secondary N) is 3. The average molecular weight is 504 g/mol. The van der Waals surface area contributed by atoms with E-state index >= 15 is 4.39 Å². The van der Waals surface area contributed by atoms with E-state index in [1.54, 1.807) is 28.7 Å². The molecule has 3 aromatic heterocycles. The van der Waals surface area contributed by atoms with Gasteiger partial charge in [0.25, 0.3) is 0 Å². The maximum Gasteiger partial charge on any atom is 0.245 e. The first-order valence-electron chi connectivity index (χ1n) is 11.5. The Balaban J connectivity index is 1.28. The van der Waals surface area contributed by atoms with E-state index in [4.69, 9.17) is 11.6 Å². The van der Waals surface area contributed by atoms with E-state index in [0.29, 0.717) is 18.3 Å². The van der Waals surface area contributed by atoms with Crippen LogP contribution in [0.3, 0.4) is 0 Å². The molecule has 0 bridgehead atoms. The van der Waals surface area contributed by atoms with Crippen molar-refractivity contribution in [3.05, 3.63) is 42.4 Å². The second kappa shape index (κ2) is 8.61. The lowest BCUT2D eigenvalue weighted by molar-refractivity contribution is -0.117. The van der Waals surface area contributed by atoms with Gasteiger partial charge in [-0.05, 0) is 30.0 Å². The molecule has 0 radical (unpaired) electrons. The highest BCUT2D eigenvalue weighted by atomic mass is 35.5. The number of carbonyl (C=O) groups excluding carboxylic acids is 1. The Morgan fingerprint density at radius 2 is 2.14 bits per heavy atom. The molecular weight excluding hydrogens is 480 g/mol. The SMILES string of the molecule is CN(c1nccnn1)C1C(F)C(Cl)C(c2ccn3nc(NC(=O)[C@@H]4C[C@@H]4F)cc3c2)C2CNNC21. The fourth-order valence-corrected chi connectivity index (χ4v) is 5.88. The summed E-state index contributed by atoms with van der Waals surface area (Å²) in [5, 5.41) is 14.1. The third-order valence-electron chi connectivity index (χ3n) is 7.28. The summed E-state index contributed by atoms with van der Waals surface area (Å²) in [4.78, 5) is 18.0. The van der Waals surface area contributed by atoms with Gasteiger partial charge in [-0.25, -0.2) is 18.3 Å². The molecule has 1 saturated heterocycles. The third kappa shape index (κ3) is 3.89. The van der Waals surface area contributed by atoms with E-state index in [1.165, 1.54) is 12.4 Å². The summed E-state index contributed by atoms with van der Waals surface area (Å²) in [6, 6.07) is 4.66. The van der Waals surface area contributed by atoms with Gasteiger partial charge in [0.05, 0.1) is 35.2 Å². The van der Waals surface area contributed by atoms with E-state index in [1.807, 2.05) is 12.1 Å². The normalized spacial score (nSPS) is 33.9. The van der Waals surface area contributed by atoms with Gasteiger partial charge in [-0.2, -0.15) is 10.2 Å². The number of carbonyl (C=O) groups is 1. The molecule has 4 heterocycles. The predicted molar refractivity (Wildman–Crippen MR) is 125 cm³/mol. The second-order valence-electron chi connectivity index (χ2n) is 9.38. The van der Waals surface area contributed by atoms with E-state index in [-0.39, 0.29) is 30.2 Å². The number of likely N-dealkylation sites (N-methyl/N-ethyl adjacent to an activating group) is 1. The lowest BCUT2D eigenvalue weighted by Gasteiger charge is -2.47. The van der Waals surface area contributed by atoms with Crippen LogP contribution in [0.25, 0.3) is 5.52 Å². The molecule has 2 aliphatic carbocycles. The van der Waals surface area contributed by atoms with Crippen LogP contribution in [0.2, 0.25) is 0 Å². The van der Waals surface area contributed by atoms with Crippen LogP contribution in [0.1, 0.15) is 17.9 Å². The Labute approximate surface area is 204 Å². The second-order valence-corrected chi connectivity index (χ2v) is 9.88. The summed E-state index contributed by atoms with van der Waals surface area (Å²) in [5.74, 6) is -0.576. The Kier molecular flexibility index (Phi) is 5.53. The molecule has 1 amide bonds. The first-order valence-corrected chi connectivity index (χ1v) is 11.9. The van der Waals surface area contributed by atoms with Gasteiger partial charge in [0, 0.05) is 37.8 Å². The molecule has 35 heavy (non-hydrogen) atoms. The number of hydrogen-bond acceptors (Lipinski definition) is 8. The molecule has 6 rings (SSSR count). The Hall–Kier alpha value is -2.96. The Morgan fingerprint density at radius 3 is 2.89 bits per heavy atom. The van der Waals surface area contributed by atoms with Crippen molar-refractivity contribution in [2.45, 2.75) is 42.1 Å². The summed E-state index contributed by atoms with van der Waals surface area (Å²) >= 11 is 6.81. The van der Waals surface area contributed by atoms with Crippen molar-refractivity contribution in [2.24, 2.45) is 11.8 Å². The number of alkyl halides is 3. The fraction of sp³-hybridized carbons (Fsp3) is 0.500. The highest BCUT2D eigenvalue weighted by molar-refractivity contribution is 6.21. The Morgan fingerprint density at radius 1 is 1.31 bits per heavy atom. The highest BCUT2D eigenvalue weighted by Gasteiger charge is 2.54. The summed E-state index contributed by atoms with van der Waals surface area (Å²) in [6.45, 7) is 0.612. The van der Waals surface area contributed by atoms with Crippen molar-refractivity contribution in [1.29, 1.82) is 0 Å². The van der Waals surface area contributed by atoms with E-state index in [2.05, 4.69) is 36.4 Å². The smallest absolute Gasteiger partial charge is 0.245 e. The number of fused-ring (bicyclic) bond motifs is 2. The molecule has 0 aromatic carbocycles. The van der Waals surface area contributed by atoms with Gasteiger partial charge in [-0.15, -0.1) is 16.7 Å². The number of amides is 1. The van der Waals surface area contributed by atoms with Gasteiger partial charge in [0.2, 0.25) is 11.9 Å². The molecular formula is C22H24ClF2N9O. The summed E-state index contributed by atoms with van der Waals surface area (Å²) in [5.41, 5.74) is 8.00. The van der Waals surface area contributed by atoms with Crippen LogP contribution in [0.4, 0.5) is 20.5 Å². The molecule has 3 aromatic rings. The standard InChI is InChI=1S/C22H24ClF2N9O/c1-33(22-26-3-4-27-31-22)20-18(25)17(23)16(13-9-28-30-19(13)20)10-2-5-34-11(6-10)7-15(32-34)29-21(35)12-8-14(12)24/h2-7,12-14,16-20,28,30H,8-9H2,1H3,(H,29,32,35)/t12-,13?,14+,16?,17?,18?,19?,20?/m1/s1. The maximum absolute atomic E-state index is 15.9. The van der Waals surface area contributed by atoms with Crippen LogP contribution in [-0.2, 0) is 4.79 Å². The van der Waals surface area contributed by atoms with E-state index in [9.17, 15) is 9.18 Å². The summed E-state index contributed by atoms with van der Waals surface area (Å²) in [7, 11) is 1.75. The zero-order chi connectivity index (χ0) is 24.3. The minimum atomic E-state index is -1.38. The van der Waals surface area contributed by atoms with Crippen LogP contribution in [-0.4, -0.2) is 74.1 Å². The van der Waals surface area contributed by atoms with Gasteiger partial charge in [0.1, 0.15) is 12.3 Å². The van der Waals surface area contributed by atoms with Crippen LogP contribution >= 0.6 is 11.6 Å². The average Bonchev–Trinajstić information content (AvgIpc) is 3.22. The molecule has 6 unspecified atom stereocenters. The van der Waals surface area contributed by atoms with Crippen LogP contribution in [0.15, 0.2) is 36.8 Å². The summed E-state index contributed by atoms with van der Waals surface area (Å²) in [6.07, 6.45) is 2.54. The molecule has 10 nitrogen and oxygen atoms in total. The molecule has 0 spiro atoms. The molecule has 3 N–H and O–H groups in total. The zero-order valence-corrected chi connectivity index (χ0v) is 19.5. The Bertz CT molecular complexity index is 1250. The molecule has 2 saturated carbocycles. The van der Waals surface area contributed by atoms with Gasteiger partial charge >= 0.3 is 0 Å². The van der Waals surface area contributed by atoms with Crippen molar-refractivity contribution in [1.82, 2.24) is 35.6 Å². The van der Waals surface area contributed by atoms with Crippen molar-refractivity contribution >= 4 is 34.8 Å². The number of hydrazine groups is 1. The zero-order valence-electron chi connectivity index (χ0n) is 18.7. The molecule has 3 fully saturated rings. The van der Waals surface area contributed by atoms with Crippen LogP contribution in [0.5, 0.6) is 0 Å². The van der Waals surface area contributed by atoms with Gasteiger partial charge in [-0.3, -0.25) is 15.6 Å². The third-order valence-corrected chi connectivity index (χ3v) is 7.79. The molecule has 1 aliphatic heterocycles. The number of rotatable bonds is 5. The molecule has 3 aliphatic rings. The highest BCUT2D eigenvalue weighted by Crippen LogP contribution is 2.45. The van der Waals surface area contributed by atoms with Gasteiger partial charge < -0.3 is 10.2 Å². The number of anilines is 2. The topological polar surface area (TPSA) is 112 Å². The number of aromatic nitrogens is 5. The number of pyridine rings is 1. The molecule has 13 heteroatoms. The van der Waals surface area contributed by atoms with Crippen molar-refractivity contribution < 1.29 is 13.6 Å². The fourth-order valence-electron chi connectivity index (χ4n) is 5.39. The van der Waals surface area contributed by atoms with Crippen LogP contribution < -0.4 is 21.1 Å². The monoisotopic (exact) mass is 503 g/mol. The number of nitrogens with zero attached hydrogens (tertiary/aromatic N) is 6. The van der Waals surface area contributed by atoms with Crippen LogP contribution in [0, 0.1) is 11.8 Å². The van der Waals surface area contributed by atoms with Gasteiger partial charge in [-0.1, -0.05) is 0 Å². The quantitative estimate of drug-likeness (QED) is 0.449. The lowest BCUT2D eigenvalue weighted by Crippen LogP contribution is -2.62. The molecule has 8 atom stereocenters. The van der Waals surface area contributed by atoms with Crippen molar-refractivity contribution in [3.63, 3.8) is 0 Å². The van der Waals surface area contributed by atoms with E-state index in [0.717, 1.165) is 11.1 Å². The largest absolute Gasteiger partial charge is 0.335 e. The minimum absolute atomic E-state index is 0.00507.